The number of rotatable bonds is 6. The molecule has 0 N–H and O–H groups in total. The molecule has 0 radical (unpaired) electrons. The lowest BCUT2D eigenvalue weighted by Crippen LogP contribution is -2.04. The van der Waals surface area contributed by atoms with Gasteiger partial charge >= 0.3 is 5.97 Å². The zero-order chi connectivity index (χ0) is 22.7. The van der Waals surface area contributed by atoms with Crippen LogP contribution in [0.3, 0.4) is 0 Å². The molecule has 0 saturated heterocycles. The van der Waals surface area contributed by atoms with Crippen molar-refractivity contribution in [2.24, 2.45) is 0 Å². The number of nitrogens with zero attached hydrogens (tertiary/aromatic N) is 2. The van der Waals surface area contributed by atoms with Gasteiger partial charge in [0.25, 0.3) is 0 Å². The van der Waals surface area contributed by atoms with Gasteiger partial charge in [-0.3, -0.25) is 0 Å². The van der Waals surface area contributed by atoms with Crippen molar-refractivity contribution in [1.29, 1.82) is 0 Å². The molecule has 0 atom stereocenters. The average Bonchev–Trinajstić information content (AvgIpc) is 2.86. The SMILES string of the molecule is COC(=O)c1ccc(-c2ncnc3ccc(-c4ccc(OC)c(OC)c4)cc23)cc1OC. The Hall–Kier alpha value is -4.13. The first-order valence-electron chi connectivity index (χ1n) is 9.83. The number of benzene rings is 3. The predicted octanol–water partition coefficient (Wildman–Crippen LogP) is 4.78. The van der Waals surface area contributed by atoms with Gasteiger partial charge < -0.3 is 18.9 Å². The molecular formula is C25H22N2O5. The fourth-order valence-electron chi connectivity index (χ4n) is 3.60. The highest BCUT2D eigenvalue weighted by Gasteiger charge is 2.16. The van der Waals surface area contributed by atoms with Crippen LogP contribution in [0, 0.1) is 0 Å². The molecular weight excluding hydrogens is 408 g/mol. The largest absolute Gasteiger partial charge is 0.496 e. The Morgan fingerprint density at radius 3 is 2.06 bits per heavy atom. The molecule has 0 aliphatic carbocycles. The Labute approximate surface area is 185 Å². The van der Waals surface area contributed by atoms with E-state index in [1.54, 1.807) is 26.4 Å². The zero-order valence-corrected chi connectivity index (χ0v) is 18.2. The molecule has 7 heteroatoms. The lowest BCUT2D eigenvalue weighted by molar-refractivity contribution is 0.0597. The van der Waals surface area contributed by atoms with E-state index in [0.29, 0.717) is 22.8 Å². The average molecular weight is 430 g/mol. The Morgan fingerprint density at radius 2 is 1.34 bits per heavy atom. The molecule has 0 aliphatic heterocycles. The second kappa shape index (κ2) is 8.93. The molecule has 0 spiro atoms. The van der Waals surface area contributed by atoms with E-state index in [2.05, 4.69) is 9.97 Å². The van der Waals surface area contributed by atoms with Crippen LogP contribution in [-0.4, -0.2) is 44.4 Å². The van der Waals surface area contributed by atoms with Crippen molar-refractivity contribution in [3.8, 4) is 39.6 Å². The number of methoxy groups -OCH3 is 4. The van der Waals surface area contributed by atoms with Gasteiger partial charge in [-0.2, -0.15) is 0 Å². The van der Waals surface area contributed by atoms with Crippen LogP contribution < -0.4 is 14.2 Å². The topological polar surface area (TPSA) is 79.8 Å². The molecule has 4 rings (SSSR count). The third kappa shape index (κ3) is 3.80. The highest BCUT2D eigenvalue weighted by Crippen LogP contribution is 2.35. The molecule has 0 saturated carbocycles. The number of carbonyl (C=O) groups excluding carboxylic acids is 1. The van der Waals surface area contributed by atoms with Crippen molar-refractivity contribution in [2.45, 2.75) is 0 Å². The number of aromatic nitrogens is 2. The van der Waals surface area contributed by atoms with Gasteiger partial charge in [-0.1, -0.05) is 18.2 Å². The molecule has 162 valence electrons. The monoisotopic (exact) mass is 430 g/mol. The maximum absolute atomic E-state index is 12.0. The van der Waals surface area contributed by atoms with E-state index in [0.717, 1.165) is 33.3 Å². The fraction of sp³-hybridized carbons (Fsp3) is 0.160. The first kappa shape index (κ1) is 21.1. The van der Waals surface area contributed by atoms with Crippen LogP contribution in [0.2, 0.25) is 0 Å². The van der Waals surface area contributed by atoms with Gasteiger partial charge in [0.15, 0.2) is 11.5 Å². The van der Waals surface area contributed by atoms with Crippen molar-refractivity contribution in [3.63, 3.8) is 0 Å². The van der Waals surface area contributed by atoms with Crippen LogP contribution in [-0.2, 0) is 4.74 Å². The first-order chi connectivity index (χ1) is 15.6. The highest BCUT2D eigenvalue weighted by atomic mass is 16.5. The van der Waals surface area contributed by atoms with Crippen molar-refractivity contribution < 1.29 is 23.7 Å². The molecule has 0 aliphatic rings. The van der Waals surface area contributed by atoms with Gasteiger partial charge in [0.2, 0.25) is 0 Å². The van der Waals surface area contributed by atoms with E-state index in [-0.39, 0.29) is 0 Å². The van der Waals surface area contributed by atoms with Gasteiger partial charge in [0.05, 0.1) is 39.6 Å². The molecule has 0 fully saturated rings. The Balaban J connectivity index is 1.85. The molecule has 4 aromatic rings. The van der Waals surface area contributed by atoms with Crippen molar-refractivity contribution >= 4 is 16.9 Å². The Bertz CT molecular complexity index is 1300. The predicted molar refractivity (Wildman–Crippen MR) is 121 cm³/mol. The highest BCUT2D eigenvalue weighted by molar-refractivity contribution is 5.97. The third-order valence-electron chi connectivity index (χ3n) is 5.23. The van der Waals surface area contributed by atoms with Crippen molar-refractivity contribution in [2.75, 3.05) is 28.4 Å². The maximum Gasteiger partial charge on any atom is 0.341 e. The van der Waals surface area contributed by atoms with Crippen LogP contribution in [0.25, 0.3) is 33.3 Å². The standard InChI is InChI=1S/C25H22N2O5/c1-29-21-10-7-16(12-23(21)31-3)15-6-9-20-19(11-15)24(27-14-26-20)17-5-8-18(25(28)32-4)22(13-17)30-2/h5-14H,1-4H3. The fourth-order valence-corrected chi connectivity index (χ4v) is 3.60. The second-order valence-corrected chi connectivity index (χ2v) is 6.93. The Morgan fingerprint density at radius 1 is 0.688 bits per heavy atom. The smallest absolute Gasteiger partial charge is 0.341 e. The summed E-state index contributed by atoms with van der Waals surface area (Å²) in [4.78, 5) is 20.9. The normalized spacial score (nSPS) is 10.6. The first-order valence-corrected chi connectivity index (χ1v) is 9.83. The van der Waals surface area contributed by atoms with Crippen LogP contribution in [0.5, 0.6) is 17.2 Å². The number of esters is 1. The summed E-state index contributed by atoms with van der Waals surface area (Å²) in [6, 6.07) is 17.0. The summed E-state index contributed by atoms with van der Waals surface area (Å²) in [6.45, 7) is 0. The molecule has 0 unspecified atom stereocenters. The summed E-state index contributed by atoms with van der Waals surface area (Å²) in [5, 5.41) is 0.868. The van der Waals surface area contributed by atoms with E-state index in [1.165, 1.54) is 20.5 Å². The van der Waals surface area contributed by atoms with Crippen molar-refractivity contribution in [1.82, 2.24) is 9.97 Å². The number of carbonyl (C=O) groups is 1. The van der Waals surface area contributed by atoms with Gasteiger partial charge in [0, 0.05) is 10.9 Å². The number of hydrogen-bond donors (Lipinski definition) is 0. The van der Waals surface area contributed by atoms with Gasteiger partial charge in [-0.05, 0) is 47.5 Å². The molecule has 1 heterocycles. The summed E-state index contributed by atoms with van der Waals surface area (Å²) >= 11 is 0. The molecule has 32 heavy (non-hydrogen) atoms. The molecule has 0 amide bonds. The lowest BCUT2D eigenvalue weighted by atomic mass is 9.99. The summed E-state index contributed by atoms with van der Waals surface area (Å²) in [7, 11) is 6.07. The van der Waals surface area contributed by atoms with Crippen LogP contribution >= 0.6 is 0 Å². The van der Waals surface area contributed by atoms with Gasteiger partial charge in [-0.15, -0.1) is 0 Å². The maximum atomic E-state index is 12.0. The van der Waals surface area contributed by atoms with E-state index in [4.69, 9.17) is 18.9 Å². The molecule has 1 aromatic heterocycles. The quantitative estimate of drug-likeness (QED) is 0.407. The van der Waals surface area contributed by atoms with Gasteiger partial charge in [-0.25, -0.2) is 14.8 Å². The van der Waals surface area contributed by atoms with Crippen LogP contribution in [0.4, 0.5) is 0 Å². The second-order valence-electron chi connectivity index (χ2n) is 6.93. The Kier molecular flexibility index (Phi) is 5.89. The molecule has 7 nitrogen and oxygen atoms in total. The van der Waals surface area contributed by atoms with E-state index in [9.17, 15) is 4.79 Å². The van der Waals surface area contributed by atoms with E-state index >= 15 is 0 Å². The third-order valence-corrected chi connectivity index (χ3v) is 5.23. The van der Waals surface area contributed by atoms with E-state index in [1.807, 2.05) is 42.5 Å². The van der Waals surface area contributed by atoms with Crippen molar-refractivity contribution in [3.05, 3.63) is 66.5 Å². The summed E-state index contributed by atoms with van der Waals surface area (Å²) in [6.07, 6.45) is 1.52. The minimum atomic E-state index is -0.461. The van der Waals surface area contributed by atoms with Gasteiger partial charge in [0.1, 0.15) is 17.6 Å². The summed E-state index contributed by atoms with van der Waals surface area (Å²) in [5.41, 5.74) is 4.63. The minimum absolute atomic E-state index is 0.350. The number of fused-ring (bicyclic) bond motifs is 1. The number of ether oxygens (including phenoxy) is 4. The minimum Gasteiger partial charge on any atom is -0.496 e. The lowest BCUT2D eigenvalue weighted by Gasteiger charge is -2.12. The number of hydrogen-bond acceptors (Lipinski definition) is 7. The van der Waals surface area contributed by atoms with E-state index < -0.39 is 5.97 Å². The molecule has 3 aromatic carbocycles. The molecule has 0 bridgehead atoms. The zero-order valence-electron chi connectivity index (χ0n) is 18.2. The van der Waals surface area contributed by atoms with Crippen LogP contribution in [0.1, 0.15) is 10.4 Å². The summed E-state index contributed by atoms with van der Waals surface area (Å²) in [5.74, 6) is 1.27. The summed E-state index contributed by atoms with van der Waals surface area (Å²) < 4.78 is 21.0. The van der Waals surface area contributed by atoms with Crippen LogP contribution in [0.15, 0.2) is 60.9 Å².